The Hall–Kier alpha value is -2.57. The number of ether oxygens (including phenoxy) is 1. The summed E-state index contributed by atoms with van der Waals surface area (Å²) in [4.78, 5) is 25.3. The minimum atomic E-state index is -0.586. The van der Waals surface area contributed by atoms with E-state index in [1.165, 1.54) is 0 Å². The van der Waals surface area contributed by atoms with Crippen LogP contribution in [0.2, 0.25) is 5.02 Å². The monoisotopic (exact) mass is 361 g/mol. The van der Waals surface area contributed by atoms with Crippen LogP contribution < -0.4 is 15.8 Å². The van der Waals surface area contributed by atoms with E-state index < -0.39 is 5.91 Å². The van der Waals surface area contributed by atoms with E-state index >= 15 is 0 Å². The lowest BCUT2D eigenvalue weighted by atomic mass is 10.1. The highest BCUT2D eigenvalue weighted by Gasteiger charge is 2.12. The molecule has 0 bridgehead atoms. The van der Waals surface area contributed by atoms with Gasteiger partial charge >= 0.3 is 0 Å². The first kappa shape index (κ1) is 18.8. The lowest BCUT2D eigenvalue weighted by molar-refractivity contribution is -0.117. The number of para-hydroxylation sites is 2. The normalized spacial score (nSPS) is 10.5. The summed E-state index contributed by atoms with van der Waals surface area (Å²) < 4.78 is 5.59. The Balaban J connectivity index is 1.80. The van der Waals surface area contributed by atoms with E-state index in [0.29, 0.717) is 29.6 Å². The average molecular weight is 362 g/mol. The van der Waals surface area contributed by atoms with Crippen molar-refractivity contribution < 1.29 is 14.3 Å². The zero-order valence-corrected chi connectivity index (χ0v) is 14.6. The van der Waals surface area contributed by atoms with Gasteiger partial charge in [-0.15, -0.1) is 0 Å². The van der Waals surface area contributed by atoms with Gasteiger partial charge in [0.1, 0.15) is 12.4 Å². The minimum absolute atomic E-state index is 0.152. The number of likely N-dealkylation sites (N-methyl/N-ethyl adjacent to an activating group) is 1. The summed E-state index contributed by atoms with van der Waals surface area (Å²) in [5, 5.41) is 3.24. The first-order valence-electron chi connectivity index (χ1n) is 7.72. The van der Waals surface area contributed by atoms with Crippen LogP contribution in [0.25, 0.3) is 0 Å². The molecule has 0 aliphatic carbocycles. The van der Waals surface area contributed by atoms with Crippen molar-refractivity contribution in [1.29, 1.82) is 0 Å². The standard InChI is InChI=1S/C18H20ClN3O3/c1-22(10-11-25-16-9-5-3-7-14(16)19)12-17(23)21-15-8-4-2-6-13(15)18(20)24/h2-9H,10-12H2,1H3,(H2,20,24)(H,21,23). The predicted octanol–water partition coefficient (Wildman–Crippen LogP) is 2.39. The van der Waals surface area contributed by atoms with Gasteiger partial charge in [-0.25, -0.2) is 0 Å². The van der Waals surface area contributed by atoms with Crippen molar-refractivity contribution in [1.82, 2.24) is 4.90 Å². The third kappa shape index (κ3) is 5.77. The maximum absolute atomic E-state index is 12.1. The molecule has 0 aliphatic heterocycles. The Labute approximate surface area is 151 Å². The number of hydrogen-bond donors (Lipinski definition) is 2. The van der Waals surface area contributed by atoms with Gasteiger partial charge in [0.25, 0.3) is 5.91 Å². The Morgan fingerprint density at radius 1 is 1.16 bits per heavy atom. The molecule has 25 heavy (non-hydrogen) atoms. The van der Waals surface area contributed by atoms with E-state index in [1.807, 2.05) is 12.1 Å². The molecule has 0 aliphatic rings. The largest absolute Gasteiger partial charge is 0.491 e. The first-order valence-corrected chi connectivity index (χ1v) is 8.09. The Morgan fingerprint density at radius 2 is 1.84 bits per heavy atom. The molecule has 0 unspecified atom stereocenters. The van der Waals surface area contributed by atoms with E-state index in [0.717, 1.165) is 0 Å². The van der Waals surface area contributed by atoms with Gasteiger partial charge in [-0.1, -0.05) is 35.9 Å². The number of carbonyl (C=O) groups is 2. The Morgan fingerprint density at radius 3 is 2.56 bits per heavy atom. The molecule has 2 aromatic carbocycles. The van der Waals surface area contributed by atoms with Gasteiger partial charge in [-0.3, -0.25) is 14.5 Å². The third-order valence-electron chi connectivity index (χ3n) is 3.45. The highest BCUT2D eigenvalue weighted by molar-refractivity contribution is 6.32. The van der Waals surface area contributed by atoms with Crippen molar-refractivity contribution >= 4 is 29.1 Å². The lowest BCUT2D eigenvalue weighted by Crippen LogP contribution is -2.33. The molecule has 2 aromatic rings. The fraction of sp³-hybridized carbons (Fsp3) is 0.222. The van der Waals surface area contributed by atoms with Crippen molar-refractivity contribution in [2.24, 2.45) is 5.73 Å². The summed E-state index contributed by atoms with van der Waals surface area (Å²) in [5.41, 5.74) is 5.98. The molecule has 0 aromatic heterocycles. The zero-order valence-electron chi connectivity index (χ0n) is 13.9. The third-order valence-corrected chi connectivity index (χ3v) is 3.76. The SMILES string of the molecule is CN(CCOc1ccccc1Cl)CC(=O)Nc1ccccc1C(N)=O. The Bertz CT molecular complexity index is 752. The highest BCUT2D eigenvalue weighted by atomic mass is 35.5. The van der Waals surface area contributed by atoms with E-state index in [1.54, 1.807) is 48.3 Å². The fourth-order valence-electron chi connectivity index (χ4n) is 2.19. The molecule has 0 saturated carbocycles. The summed E-state index contributed by atoms with van der Waals surface area (Å²) in [7, 11) is 1.80. The second kappa shape index (κ2) is 9.05. The van der Waals surface area contributed by atoms with Gasteiger partial charge in [0.2, 0.25) is 5.91 Å². The molecule has 7 heteroatoms. The number of benzene rings is 2. The maximum atomic E-state index is 12.1. The number of nitrogens with one attached hydrogen (secondary N) is 1. The van der Waals surface area contributed by atoms with Gasteiger partial charge in [0.15, 0.2) is 0 Å². The van der Waals surface area contributed by atoms with Crippen LogP contribution in [0.5, 0.6) is 5.75 Å². The summed E-state index contributed by atoms with van der Waals surface area (Å²) in [5.74, 6) is -0.219. The van der Waals surface area contributed by atoms with Crippen LogP contribution in [0, 0.1) is 0 Å². The number of nitrogens with zero attached hydrogens (tertiary/aromatic N) is 1. The fourth-order valence-corrected chi connectivity index (χ4v) is 2.38. The number of primary amides is 1. The molecule has 132 valence electrons. The van der Waals surface area contributed by atoms with Crippen LogP contribution >= 0.6 is 11.6 Å². The summed E-state index contributed by atoms with van der Waals surface area (Å²) in [6.45, 7) is 1.08. The molecule has 2 amide bonds. The number of carbonyl (C=O) groups excluding carboxylic acids is 2. The van der Waals surface area contributed by atoms with Crippen molar-refractivity contribution in [2.45, 2.75) is 0 Å². The van der Waals surface area contributed by atoms with Crippen LogP contribution in [0.4, 0.5) is 5.69 Å². The molecule has 0 atom stereocenters. The molecule has 3 N–H and O–H groups in total. The number of amides is 2. The molecule has 0 saturated heterocycles. The maximum Gasteiger partial charge on any atom is 0.250 e. The topological polar surface area (TPSA) is 84.7 Å². The average Bonchev–Trinajstić information content (AvgIpc) is 2.56. The molecular formula is C18H20ClN3O3. The van der Waals surface area contributed by atoms with E-state index in [9.17, 15) is 9.59 Å². The number of rotatable bonds is 8. The van der Waals surface area contributed by atoms with Gasteiger partial charge in [0.05, 0.1) is 22.8 Å². The molecule has 0 fully saturated rings. The van der Waals surface area contributed by atoms with E-state index in [4.69, 9.17) is 22.1 Å². The summed E-state index contributed by atoms with van der Waals surface area (Å²) >= 11 is 6.01. The summed E-state index contributed by atoms with van der Waals surface area (Å²) in [6, 6.07) is 13.8. The lowest BCUT2D eigenvalue weighted by Gasteiger charge is -2.17. The van der Waals surface area contributed by atoms with E-state index in [-0.39, 0.29) is 18.0 Å². The number of hydrogen-bond acceptors (Lipinski definition) is 4. The van der Waals surface area contributed by atoms with Crippen molar-refractivity contribution in [3.63, 3.8) is 0 Å². The second-order valence-electron chi connectivity index (χ2n) is 5.47. The van der Waals surface area contributed by atoms with Crippen LogP contribution in [-0.2, 0) is 4.79 Å². The van der Waals surface area contributed by atoms with E-state index in [2.05, 4.69) is 5.32 Å². The van der Waals surface area contributed by atoms with Crippen LogP contribution in [0.15, 0.2) is 48.5 Å². The van der Waals surface area contributed by atoms with Crippen molar-refractivity contribution in [2.75, 3.05) is 32.1 Å². The van der Waals surface area contributed by atoms with Gasteiger partial charge < -0.3 is 15.8 Å². The first-order chi connectivity index (χ1) is 12.0. The number of nitrogens with two attached hydrogens (primary N) is 1. The van der Waals surface area contributed by atoms with Gasteiger partial charge in [-0.2, -0.15) is 0 Å². The number of anilines is 1. The van der Waals surface area contributed by atoms with Crippen LogP contribution in [0.3, 0.4) is 0 Å². The molecule has 0 radical (unpaired) electrons. The quantitative estimate of drug-likeness (QED) is 0.756. The summed E-state index contributed by atoms with van der Waals surface area (Å²) in [6.07, 6.45) is 0. The molecule has 6 nitrogen and oxygen atoms in total. The molecular weight excluding hydrogens is 342 g/mol. The van der Waals surface area contributed by atoms with Crippen molar-refractivity contribution in [3.8, 4) is 5.75 Å². The molecule has 0 spiro atoms. The van der Waals surface area contributed by atoms with Gasteiger partial charge in [-0.05, 0) is 31.3 Å². The van der Waals surface area contributed by atoms with Crippen LogP contribution in [0.1, 0.15) is 10.4 Å². The van der Waals surface area contributed by atoms with Gasteiger partial charge in [0, 0.05) is 6.54 Å². The molecule has 2 rings (SSSR count). The Kier molecular flexibility index (Phi) is 6.80. The molecule has 0 heterocycles. The second-order valence-corrected chi connectivity index (χ2v) is 5.88. The highest BCUT2D eigenvalue weighted by Crippen LogP contribution is 2.22. The predicted molar refractivity (Wildman–Crippen MR) is 98.0 cm³/mol. The minimum Gasteiger partial charge on any atom is -0.491 e. The van der Waals surface area contributed by atoms with Crippen molar-refractivity contribution in [3.05, 3.63) is 59.1 Å². The van der Waals surface area contributed by atoms with Crippen LogP contribution in [-0.4, -0.2) is 43.5 Å². The zero-order chi connectivity index (χ0) is 18.2. The smallest absolute Gasteiger partial charge is 0.250 e. The number of halogens is 1.